The van der Waals surface area contributed by atoms with E-state index in [1.165, 1.54) is 18.5 Å². The monoisotopic (exact) mass is 224 g/mol. The Bertz CT molecular complexity index is 108. The fourth-order valence-electron chi connectivity index (χ4n) is 1.35. The molecule has 0 fully saturated rings. The number of ether oxygens (including phenoxy) is 2. The van der Waals surface area contributed by atoms with E-state index in [1.54, 1.807) is 7.11 Å². The van der Waals surface area contributed by atoms with Gasteiger partial charge in [-0.15, -0.1) is 0 Å². The van der Waals surface area contributed by atoms with E-state index in [2.05, 4.69) is 20.8 Å². The third-order valence-electron chi connectivity index (χ3n) is 2.81. The van der Waals surface area contributed by atoms with E-state index in [0.717, 1.165) is 19.6 Å². The zero-order valence-electron chi connectivity index (χ0n) is 9.95. The van der Waals surface area contributed by atoms with Crippen molar-refractivity contribution in [1.29, 1.82) is 0 Å². The lowest BCUT2D eigenvalue weighted by atomic mass is 10.8. The van der Waals surface area contributed by atoms with Gasteiger partial charge in [0.2, 0.25) is 0 Å². The molecule has 0 aliphatic rings. The summed E-state index contributed by atoms with van der Waals surface area (Å²) in [5.74, 6) is 0. The van der Waals surface area contributed by atoms with Crippen LogP contribution in [0.4, 0.5) is 0 Å². The third kappa shape index (κ3) is 5.92. The molecule has 0 aliphatic heterocycles. The quantitative estimate of drug-likeness (QED) is 0.470. The van der Waals surface area contributed by atoms with Crippen LogP contribution in [0.5, 0.6) is 0 Å². The molecular formula is C10H25O3P. The topological polar surface area (TPSA) is 48.5 Å². The maximum Gasteiger partial charge on any atom is 0.157 e. The molecule has 1 N–H and O–H groups in total. The van der Waals surface area contributed by atoms with Gasteiger partial charge in [0.25, 0.3) is 0 Å². The number of rotatable bonds is 8. The Morgan fingerprint density at radius 3 is 1.79 bits per heavy atom. The van der Waals surface area contributed by atoms with E-state index in [1.807, 2.05) is 0 Å². The SMILES string of the molecule is CC[P+](CC)(CC)COCCOC.[OH-]. The zero-order valence-corrected chi connectivity index (χ0v) is 10.8. The molecule has 0 aromatic carbocycles. The second-order valence-electron chi connectivity index (χ2n) is 3.32. The molecule has 0 aliphatic carbocycles. The lowest BCUT2D eigenvalue weighted by Gasteiger charge is -2.22. The van der Waals surface area contributed by atoms with Crippen LogP contribution in [0.25, 0.3) is 0 Å². The molecule has 14 heavy (non-hydrogen) atoms. The van der Waals surface area contributed by atoms with Crippen LogP contribution < -0.4 is 0 Å². The van der Waals surface area contributed by atoms with Crippen LogP contribution in [0.2, 0.25) is 0 Å². The highest BCUT2D eigenvalue weighted by molar-refractivity contribution is 7.75. The van der Waals surface area contributed by atoms with Gasteiger partial charge in [-0.2, -0.15) is 0 Å². The van der Waals surface area contributed by atoms with Gasteiger partial charge in [-0.1, -0.05) is 0 Å². The molecule has 0 atom stereocenters. The van der Waals surface area contributed by atoms with E-state index >= 15 is 0 Å². The summed E-state index contributed by atoms with van der Waals surface area (Å²) in [6, 6.07) is 0. The first-order valence-electron chi connectivity index (χ1n) is 5.16. The summed E-state index contributed by atoms with van der Waals surface area (Å²) in [5.41, 5.74) is 0. The van der Waals surface area contributed by atoms with Gasteiger partial charge in [-0.25, -0.2) is 0 Å². The van der Waals surface area contributed by atoms with Gasteiger partial charge >= 0.3 is 0 Å². The first-order valence-corrected chi connectivity index (χ1v) is 7.69. The average Bonchev–Trinajstić information content (AvgIpc) is 2.20. The summed E-state index contributed by atoms with van der Waals surface area (Å²) in [6.07, 6.45) is 4.92. The Kier molecular flexibility index (Phi) is 11.8. The van der Waals surface area contributed by atoms with Gasteiger partial charge in [-0.05, 0) is 20.8 Å². The molecule has 0 aromatic heterocycles. The van der Waals surface area contributed by atoms with Crippen molar-refractivity contribution in [2.75, 3.05) is 45.2 Å². The molecule has 3 nitrogen and oxygen atoms in total. The summed E-state index contributed by atoms with van der Waals surface area (Å²) in [5, 5.41) is 0. The highest BCUT2D eigenvalue weighted by atomic mass is 31.2. The minimum absolute atomic E-state index is 0. The summed E-state index contributed by atoms with van der Waals surface area (Å²) in [6.45, 7) is 8.34. The Morgan fingerprint density at radius 1 is 0.929 bits per heavy atom. The second-order valence-corrected chi connectivity index (χ2v) is 8.16. The predicted octanol–water partition coefficient (Wildman–Crippen LogP) is 2.51. The standard InChI is InChI=1S/C10H24O2P.H2O/c1-5-13(6-2,7-3)10-12-9-8-11-4;/h5-10H2,1-4H3;1H2/q+1;/p-1. The fourth-order valence-corrected chi connectivity index (χ4v) is 3.75. The predicted molar refractivity (Wildman–Crippen MR) is 63.2 cm³/mol. The average molecular weight is 224 g/mol. The molecular weight excluding hydrogens is 199 g/mol. The molecule has 0 aromatic rings. The lowest BCUT2D eigenvalue weighted by molar-refractivity contribution is 0.0931. The molecule has 0 radical (unpaired) electrons. The number of hydrogen-bond donors (Lipinski definition) is 0. The normalized spacial score (nSPS) is 11.1. The maximum absolute atomic E-state index is 5.64. The highest BCUT2D eigenvalue weighted by Crippen LogP contribution is 2.57. The Balaban J connectivity index is 0. The molecule has 0 saturated heterocycles. The van der Waals surface area contributed by atoms with Crippen molar-refractivity contribution in [1.82, 2.24) is 0 Å². The van der Waals surface area contributed by atoms with Crippen LogP contribution in [0.15, 0.2) is 0 Å². The van der Waals surface area contributed by atoms with Crippen molar-refractivity contribution < 1.29 is 14.9 Å². The van der Waals surface area contributed by atoms with Crippen LogP contribution in [-0.4, -0.2) is 50.6 Å². The van der Waals surface area contributed by atoms with Crippen LogP contribution in [0, 0.1) is 0 Å². The Labute approximate surface area is 88.8 Å². The minimum Gasteiger partial charge on any atom is -0.870 e. The Hall–Kier alpha value is 0.310. The molecule has 0 heterocycles. The smallest absolute Gasteiger partial charge is 0.157 e. The van der Waals surface area contributed by atoms with E-state index in [4.69, 9.17) is 9.47 Å². The first kappa shape index (κ1) is 16.7. The molecule has 0 rings (SSSR count). The van der Waals surface area contributed by atoms with E-state index < -0.39 is 7.26 Å². The van der Waals surface area contributed by atoms with Crippen molar-refractivity contribution in [2.45, 2.75) is 20.8 Å². The van der Waals surface area contributed by atoms with Crippen LogP contribution in [0.1, 0.15) is 20.8 Å². The van der Waals surface area contributed by atoms with Crippen molar-refractivity contribution in [3.63, 3.8) is 0 Å². The van der Waals surface area contributed by atoms with Gasteiger partial charge in [-0.3, -0.25) is 0 Å². The summed E-state index contributed by atoms with van der Waals surface area (Å²) in [7, 11) is 0.957. The van der Waals surface area contributed by atoms with E-state index in [0.29, 0.717) is 0 Å². The molecule has 0 bridgehead atoms. The molecule has 0 spiro atoms. The van der Waals surface area contributed by atoms with E-state index in [9.17, 15) is 0 Å². The van der Waals surface area contributed by atoms with Crippen molar-refractivity contribution in [3.05, 3.63) is 0 Å². The van der Waals surface area contributed by atoms with Crippen LogP contribution in [0.3, 0.4) is 0 Å². The molecule has 0 saturated carbocycles. The summed E-state index contributed by atoms with van der Waals surface area (Å²) < 4.78 is 10.6. The van der Waals surface area contributed by atoms with Gasteiger partial charge in [0.15, 0.2) is 6.35 Å². The number of methoxy groups -OCH3 is 1. The molecule has 0 amide bonds. The maximum atomic E-state index is 5.64. The molecule has 4 heteroatoms. The third-order valence-corrected chi connectivity index (χ3v) is 7.56. The van der Waals surface area contributed by atoms with Gasteiger partial charge in [0, 0.05) is 14.4 Å². The van der Waals surface area contributed by atoms with Gasteiger partial charge < -0.3 is 14.9 Å². The van der Waals surface area contributed by atoms with E-state index in [-0.39, 0.29) is 5.48 Å². The largest absolute Gasteiger partial charge is 0.870 e. The molecule has 88 valence electrons. The van der Waals surface area contributed by atoms with Gasteiger partial charge in [0.05, 0.1) is 31.7 Å². The lowest BCUT2D eigenvalue weighted by Crippen LogP contribution is -2.12. The van der Waals surface area contributed by atoms with Crippen molar-refractivity contribution in [2.24, 2.45) is 0 Å². The second kappa shape index (κ2) is 9.85. The Morgan fingerprint density at radius 2 is 1.43 bits per heavy atom. The zero-order chi connectivity index (χ0) is 10.2. The fraction of sp³-hybridized carbons (Fsp3) is 1.00. The summed E-state index contributed by atoms with van der Waals surface area (Å²) in [4.78, 5) is 0. The van der Waals surface area contributed by atoms with Crippen molar-refractivity contribution in [3.8, 4) is 0 Å². The molecule has 0 unspecified atom stereocenters. The minimum atomic E-state index is -0.757. The first-order chi connectivity index (χ1) is 6.24. The van der Waals surface area contributed by atoms with Crippen LogP contribution in [-0.2, 0) is 9.47 Å². The van der Waals surface area contributed by atoms with Gasteiger partial charge in [0.1, 0.15) is 0 Å². The van der Waals surface area contributed by atoms with Crippen LogP contribution >= 0.6 is 7.26 Å². The number of hydrogen-bond acceptors (Lipinski definition) is 3. The van der Waals surface area contributed by atoms with Crippen molar-refractivity contribution >= 4 is 7.26 Å². The highest BCUT2D eigenvalue weighted by Gasteiger charge is 2.31. The summed E-state index contributed by atoms with van der Waals surface area (Å²) >= 11 is 0.